The van der Waals surface area contributed by atoms with Gasteiger partial charge in [-0.1, -0.05) is 30.7 Å². The van der Waals surface area contributed by atoms with Crippen molar-refractivity contribution in [1.82, 2.24) is 0 Å². The number of carboxylic acids is 1. The lowest BCUT2D eigenvalue weighted by atomic mass is 9.83. The van der Waals surface area contributed by atoms with E-state index in [-0.39, 0.29) is 12.2 Å². The van der Waals surface area contributed by atoms with Crippen molar-refractivity contribution in [2.75, 3.05) is 0 Å². The fourth-order valence-corrected chi connectivity index (χ4v) is 2.39. The minimum absolute atomic E-state index is 0.0371. The summed E-state index contributed by atoms with van der Waals surface area (Å²) in [4.78, 5) is 22.9. The van der Waals surface area contributed by atoms with Gasteiger partial charge in [0.1, 0.15) is 0 Å². The maximum atomic E-state index is 12.1. The molecule has 0 heterocycles. The highest BCUT2D eigenvalue weighted by molar-refractivity contribution is 6.06. The number of aryl methyl sites for hydroxylation is 1. The maximum Gasteiger partial charge on any atom is 0.304 e. The molecule has 0 spiro atoms. The number of fused-ring (bicyclic) bond motifs is 1. The van der Waals surface area contributed by atoms with E-state index in [0.717, 1.165) is 11.1 Å². The second kappa shape index (κ2) is 3.44. The van der Waals surface area contributed by atoms with Crippen LogP contribution in [0.3, 0.4) is 0 Å². The molecule has 0 amide bonds. The van der Waals surface area contributed by atoms with Crippen molar-refractivity contribution in [1.29, 1.82) is 0 Å². The standard InChI is InChI=1S/C13H14O3/c1-8-3-4-10-9(5-8)6-13(2,12(10)16)7-11(14)15/h3-5H,6-7H2,1-2H3,(H,14,15). The lowest BCUT2D eigenvalue weighted by Gasteiger charge is -2.18. The molecule has 1 aliphatic carbocycles. The molecule has 16 heavy (non-hydrogen) atoms. The lowest BCUT2D eigenvalue weighted by Crippen LogP contribution is -2.27. The summed E-state index contributed by atoms with van der Waals surface area (Å²) in [6, 6.07) is 5.67. The van der Waals surface area contributed by atoms with Gasteiger partial charge in [0.2, 0.25) is 0 Å². The van der Waals surface area contributed by atoms with Gasteiger partial charge in [-0.25, -0.2) is 0 Å². The lowest BCUT2D eigenvalue weighted by molar-refractivity contribution is -0.138. The zero-order valence-corrected chi connectivity index (χ0v) is 9.41. The van der Waals surface area contributed by atoms with Gasteiger partial charge >= 0.3 is 5.97 Å². The Morgan fingerprint density at radius 2 is 2.19 bits per heavy atom. The molecule has 1 unspecified atom stereocenters. The van der Waals surface area contributed by atoms with Crippen LogP contribution in [0.25, 0.3) is 0 Å². The highest BCUT2D eigenvalue weighted by atomic mass is 16.4. The zero-order chi connectivity index (χ0) is 11.9. The molecule has 3 heteroatoms. The summed E-state index contributed by atoms with van der Waals surface area (Å²) in [5, 5.41) is 8.84. The molecule has 1 N–H and O–H groups in total. The van der Waals surface area contributed by atoms with Gasteiger partial charge in [0, 0.05) is 11.0 Å². The van der Waals surface area contributed by atoms with Crippen LogP contribution in [0.2, 0.25) is 0 Å². The first-order valence-electron chi connectivity index (χ1n) is 5.28. The number of hydrogen-bond acceptors (Lipinski definition) is 2. The highest BCUT2D eigenvalue weighted by Crippen LogP contribution is 2.39. The molecule has 0 aliphatic heterocycles. The third-order valence-electron chi connectivity index (χ3n) is 3.18. The molecule has 3 nitrogen and oxygen atoms in total. The average molecular weight is 218 g/mol. The molecule has 0 aromatic heterocycles. The van der Waals surface area contributed by atoms with Crippen molar-refractivity contribution < 1.29 is 14.7 Å². The summed E-state index contributed by atoms with van der Waals surface area (Å²) in [6.45, 7) is 3.70. The van der Waals surface area contributed by atoms with Gasteiger partial charge in [0.15, 0.2) is 5.78 Å². The largest absolute Gasteiger partial charge is 0.481 e. The molecule has 0 bridgehead atoms. The van der Waals surface area contributed by atoms with E-state index in [0.29, 0.717) is 12.0 Å². The number of benzene rings is 1. The van der Waals surface area contributed by atoms with E-state index in [2.05, 4.69) is 0 Å². The monoisotopic (exact) mass is 218 g/mol. The number of carbonyl (C=O) groups excluding carboxylic acids is 1. The molecule has 1 aromatic carbocycles. The van der Waals surface area contributed by atoms with Crippen LogP contribution in [0, 0.1) is 12.3 Å². The second-order valence-corrected chi connectivity index (χ2v) is 4.80. The van der Waals surface area contributed by atoms with Gasteiger partial charge < -0.3 is 5.11 Å². The molecule has 0 fully saturated rings. The number of ketones is 1. The van der Waals surface area contributed by atoms with E-state index in [1.807, 2.05) is 19.1 Å². The van der Waals surface area contributed by atoms with Gasteiger partial charge in [-0.05, 0) is 18.9 Å². The number of hydrogen-bond donors (Lipinski definition) is 1. The van der Waals surface area contributed by atoms with Crippen LogP contribution < -0.4 is 0 Å². The van der Waals surface area contributed by atoms with Gasteiger partial charge in [0.25, 0.3) is 0 Å². The Bertz CT molecular complexity index is 476. The van der Waals surface area contributed by atoms with Gasteiger partial charge in [0.05, 0.1) is 6.42 Å². The zero-order valence-electron chi connectivity index (χ0n) is 9.41. The van der Waals surface area contributed by atoms with Crippen LogP contribution in [0.1, 0.15) is 34.8 Å². The number of carboxylic acid groups (broad SMARTS) is 1. The molecular formula is C13H14O3. The number of carbonyl (C=O) groups is 2. The second-order valence-electron chi connectivity index (χ2n) is 4.80. The summed E-state index contributed by atoms with van der Waals surface area (Å²) < 4.78 is 0. The fraction of sp³-hybridized carbons (Fsp3) is 0.385. The van der Waals surface area contributed by atoms with Crippen LogP contribution in [0.15, 0.2) is 18.2 Å². The molecule has 2 rings (SSSR count). The van der Waals surface area contributed by atoms with E-state index >= 15 is 0 Å². The molecule has 0 saturated heterocycles. The van der Waals surface area contributed by atoms with E-state index in [1.54, 1.807) is 13.0 Å². The van der Waals surface area contributed by atoms with Crippen LogP contribution in [0.5, 0.6) is 0 Å². The van der Waals surface area contributed by atoms with Crippen molar-refractivity contribution in [3.8, 4) is 0 Å². The Kier molecular flexibility index (Phi) is 2.34. The van der Waals surface area contributed by atoms with Crippen molar-refractivity contribution in [2.24, 2.45) is 5.41 Å². The minimum Gasteiger partial charge on any atom is -0.481 e. The molecule has 0 radical (unpaired) electrons. The predicted molar refractivity (Wildman–Crippen MR) is 59.6 cm³/mol. The van der Waals surface area contributed by atoms with Crippen LogP contribution in [-0.4, -0.2) is 16.9 Å². The van der Waals surface area contributed by atoms with Gasteiger partial charge in [-0.15, -0.1) is 0 Å². The number of Topliss-reactive ketones (excluding diaryl/α,β-unsaturated/α-hetero) is 1. The Morgan fingerprint density at radius 3 is 2.81 bits per heavy atom. The summed E-state index contributed by atoms with van der Waals surface area (Å²) in [7, 11) is 0. The third-order valence-corrected chi connectivity index (χ3v) is 3.18. The molecule has 0 saturated carbocycles. The molecular weight excluding hydrogens is 204 g/mol. The van der Waals surface area contributed by atoms with Crippen LogP contribution in [0.4, 0.5) is 0 Å². The summed E-state index contributed by atoms with van der Waals surface area (Å²) >= 11 is 0. The Balaban J connectivity index is 2.40. The van der Waals surface area contributed by atoms with Crippen molar-refractivity contribution in [2.45, 2.75) is 26.7 Å². The van der Waals surface area contributed by atoms with Gasteiger partial charge in [-0.2, -0.15) is 0 Å². The summed E-state index contributed by atoms with van der Waals surface area (Å²) in [5.74, 6) is -0.953. The number of aliphatic carboxylic acids is 1. The normalized spacial score (nSPS) is 23.2. The van der Waals surface area contributed by atoms with Crippen molar-refractivity contribution in [3.63, 3.8) is 0 Å². The quantitative estimate of drug-likeness (QED) is 0.828. The van der Waals surface area contributed by atoms with Gasteiger partial charge in [-0.3, -0.25) is 9.59 Å². The maximum absolute atomic E-state index is 12.1. The van der Waals surface area contributed by atoms with E-state index in [9.17, 15) is 9.59 Å². The molecule has 1 aliphatic rings. The van der Waals surface area contributed by atoms with E-state index < -0.39 is 11.4 Å². The Morgan fingerprint density at radius 1 is 1.50 bits per heavy atom. The predicted octanol–water partition coefficient (Wildman–Crippen LogP) is 2.21. The molecule has 84 valence electrons. The Labute approximate surface area is 94.1 Å². The molecule has 1 atom stereocenters. The highest BCUT2D eigenvalue weighted by Gasteiger charge is 2.42. The summed E-state index contributed by atoms with van der Waals surface area (Å²) in [5.41, 5.74) is 2.01. The molecule has 1 aromatic rings. The van der Waals surface area contributed by atoms with E-state index in [1.165, 1.54) is 0 Å². The van der Waals surface area contributed by atoms with Crippen molar-refractivity contribution >= 4 is 11.8 Å². The third kappa shape index (κ3) is 1.62. The number of rotatable bonds is 2. The fourth-order valence-electron chi connectivity index (χ4n) is 2.39. The van der Waals surface area contributed by atoms with Crippen LogP contribution in [-0.2, 0) is 11.2 Å². The average Bonchev–Trinajstić information content (AvgIpc) is 2.37. The van der Waals surface area contributed by atoms with Crippen molar-refractivity contribution in [3.05, 3.63) is 34.9 Å². The Hall–Kier alpha value is -1.64. The first-order valence-corrected chi connectivity index (χ1v) is 5.28. The first-order chi connectivity index (χ1) is 7.42. The first kappa shape index (κ1) is 10.9. The summed E-state index contributed by atoms with van der Waals surface area (Å²) in [6.07, 6.45) is 0.439. The topological polar surface area (TPSA) is 54.4 Å². The SMILES string of the molecule is Cc1ccc2c(c1)CC(C)(CC(=O)O)C2=O. The van der Waals surface area contributed by atoms with E-state index in [4.69, 9.17) is 5.11 Å². The smallest absolute Gasteiger partial charge is 0.304 e. The minimum atomic E-state index is -0.916. The van der Waals surface area contributed by atoms with Crippen LogP contribution >= 0.6 is 0 Å².